The van der Waals surface area contributed by atoms with Gasteiger partial charge in [0, 0.05) is 13.0 Å². The molecule has 0 radical (unpaired) electrons. The maximum Gasteiger partial charge on any atom is 0.304 e. The molecule has 1 amide bonds. The fourth-order valence-corrected chi connectivity index (χ4v) is 0.885. The maximum absolute atomic E-state index is 11.0. The second-order valence-corrected chi connectivity index (χ2v) is 2.68. The van der Waals surface area contributed by atoms with Crippen molar-refractivity contribution in [3.05, 3.63) is 28.6 Å². The van der Waals surface area contributed by atoms with Crippen molar-refractivity contribution >= 4 is 23.3 Å². The number of nitrogens with one attached hydrogen (secondary N) is 1. The normalized spacial score (nSPS) is 9.50. The molecule has 0 aliphatic carbocycles. The summed E-state index contributed by atoms with van der Waals surface area (Å²) >= 11 is 5.52. The molecule has 0 aliphatic heterocycles. The summed E-state index contributed by atoms with van der Waals surface area (Å²) in [7, 11) is 0. The van der Waals surface area contributed by atoms with Gasteiger partial charge >= 0.3 is 5.91 Å². The number of carbonyl (C=O) groups excluding carboxylic acids is 1. The van der Waals surface area contributed by atoms with E-state index in [1.807, 2.05) is 0 Å². The Balaban J connectivity index is 2.93. The largest absolute Gasteiger partial charge is 0.711 e. The lowest BCUT2D eigenvalue weighted by Crippen LogP contribution is -2.31. The first-order valence-corrected chi connectivity index (χ1v) is 3.63. The predicted molar refractivity (Wildman–Crippen MR) is 44.7 cm³/mol. The number of carbonyl (C=O) groups is 1. The Kier molecular flexibility index (Phi) is 2.50. The Bertz CT molecular complexity index is 314. The molecule has 1 rings (SSSR count). The van der Waals surface area contributed by atoms with Crippen LogP contribution in [0.25, 0.3) is 0 Å². The van der Waals surface area contributed by atoms with E-state index in [1.54, 1.807) is 0 Å². The van der Waals surface area contributed by atoms with Gasteiger partial charge in [0.15, 0.2) is 0 Å². The second-order valence-electron chi connectivity index (χ2n) is 2.24. The zero-order valence-corrected chi connectivity index (χ0v) is 7.13. The van der Waals surface area contributed by atoms with Gasteiger partial charge in [-0.15, -0.1) is 0 Å². The second kappa shape index (κ2) is 3.40. The molecule has 1 aromatic rings. The Hall–Kier alpha value is -1.29. The maximum atomic E-state index is 11.0. The highest BCUT2D eigenvalue weighted by molar-refractivity contribution is 6.30. The van der Waals surface area contributed by atoms with Crippen LogP contribution in [-0.4, -0.2) is 5.91 Å². The first-order chi connectivity index (χ1) is 5.59. The smallest absolute Gasteiger partial charge is 0.304 e. The van der Waals surface area contributed by atoms with Crippen molar-refractivity contribution in [1.29, 1.82) is 0 Å². The molecule has 64 valence electrons. The highest BCUT2D eigenvalue weighted by Gasteiger charge is 2.05. The van der Waals surface area contributed by atoms with Gasteiger partial charge in [0.1, 0.15) is 6.20 Å². The van der Waals surface area contributed by atoms with Crippen molar-refractivity contribution in [3.8, 4) is 0 Å². The van der Waals surface area contributed by atoms with Crippen LogP contribution in [0, 0.1) is 5.21 Å². The van der Waals surface area contributed by atoms with Gasteiger partial charge in [0.25, 0.3) is 5.82 Å². The lowest BCUT2D eigenvalue weighted by Gasteiger charge is -2.06. The third-order valence-corrected chi connectivity index (χ3v) is 1.41. The van der Waals surface area contributed by atoms with E-state index < -0.39 is 0 Å². The van der Waals surface area contributed by atoms with Gasteiger partial charge < -0.3 is 5.21 Å². The fourth-order valence-electron chi connectivity index (χ4n) is 0.734. The van der Waals surface area contributed by atoms with Crippen LogP contribution < -0.4 is 10.0 Å². The summed E-state index contributed by atoms with van der Waals surface area (Å²) in [6.07, 6.45) is 1.17. The summed E-state index contributed by atoms with van der Waals surface area (Å²) in [6.45, 7) is 1.33. The highest BCUT2D eigenvalue weighted by Crippen LogP contribution is 2.07. The monoisotopic (exact) mass is 186 g/mol. The average Bonchev–Trinajstić information content (AvgIpc) is 1.94. The predicted octanol–water partition coefficient (Wildman–Crippen LogP) is 0.932. The number of halogens is 1. The van der Waals surface area contributed by atoms with Gasteiger partial charge in [-0.05, 0) is 6.07 Å². The van der Waals surface area contributed by atoms with Crippen molar-refractivity contribution < 1.29 is 9.52 Å². The van der Waals surface area contributed by atoms with Gasteiger partial charge in [-0.25, -0.2) is 14.8 Å². The Labute approximate surface area is 74.4 Å². The molecule has 12 heavy (non-hydrogen) atoms. The zero-order chi connectivity index (χ0) is 9.14. The van der Waals surface area contributed by atoms with E-state index in [-0.39, 0.29) is 11.7 Å². The van der Waals surface area contributed by atoms with E-state index in [0.717, 1.165) is 0 Å². The molecule has 0 saturated heterocycles. The number of hydrogen-bond donors (Lipinski definition) is 1. The van der Waals surface area contributed by atoms with Crippen LogP contribution in [0.1, 0.15) is 6.92 Å². The summed E-state index contributed by atoms with van der Waals surface area (Å²) in [5.74, 6) is -0.117. The number of anilines is 1. The third-order valence-electron chi connectivity index (χ3n) is 1.18. The van der Waals surface area contributed by atoms with Crippen LogP contribution in [-0.2, 0) is 4.79 Å². The molecule has 4 nitrogen and oxygen atoms in total. The van der Waals surface area contributed by atoms with E-state index in [4.69, 9.17) is 11.6 Å². The van der Waals surface area contributed by atoms with E-state index in [1.165, 1.54) is 25.3 Å². The molecule has 0 atom stereocenters. The minimum Gasteiger partial charge on any atom is -0.711 e. The summed E-state index contributed by atoms with van der Waals surface area (Å²) in [4.78, 5) is 10.6. The van der Waals surface area contributed by atoms with E-state index >= 15 is 0 Å². The minimum atomic E-state index is -0.290. The topological polar surface area (TPSA) is 56.0 Å². The van der Waals surface area contributed by atoms with Crippen LogP contribution in [0.2, 0.25) is 5.02 Å². The average molecular weight is 187 g/mol. The van der Waals surface area contributed by atoms with Crippen LogP contribution in [0.4, 0.5) is 5.82 Å². The summed E-state index contributed by atoms with van der Waals surface area (Å²) in [5, 5.41) is 13.7. The van der Waals surface area contributed by atoms with E-state index in [0.29, 0.717) is 9.75 Å². The van der Waals surface area contributed by atoms with Crippen molar-refractivity contribution in [2.45, 2.75) is 6.92 Å². The van der Waals surface area contributed by atoms with Crippen LogP contribution in [0.3, 0.4) is 0 Å². The fraction of sp³-hybridized carbons (Fsp3) is 0.143. The minimum absolute atomic E-state index is 0.173. The van der Waals surface area contributed by atoms with Crippen molar-refractivity contribution in [3.63, 3.8) is 0 Å². The lowest BCUT2D eigenvalue weighted by molar-refractivity contribution is -0.589. The molecule has 0 bridgehead atoms. The Morgan fingerprint density at radius 2 is 2.33 bits per heavy atom. The zero-order valence-electron chi connectivity index (χ0n) is 6.37. The van der Waals surface area contributed by atoms with Gasteiger partial charge in [0.2, 0.25) is 0 Å². The van der Waals surface area contributed by atoms with E-state index in [9.17, 15) is 10.0 Å². The standard InChI is InChI=1S/C7H7ClN2O2/c1-5(11)9-7-3-2-6(8)4-10(7)12/h2-4H,1H3,(H,9,11). The molecular formula is C7H7ClN2O2. The van der Waals surface area contributed by atoms with Crippen molar-refractivity contribution in [2.24, 2.45) is 0 Å². The first-order valence-electron chi connectivity index (χ1n) is 3.26. The van der Waals surface area contributed by atoms with Crippen LogP contribution in [0.5, 0.6) is 0 Å². The highest BCUT2D eigenvalue weighted by atomic mass is 35.5. The van der Waals surface area contributed by atoms with Crippen LogP contribution >= 0.6 is 11.6 Å². The number of amides is 1. The first kappa shape index (κ1) is 8.80. The molecule has 1 N–H and O–H groups in total. The Morgan fingerprint density at radius 1 is 1.67 bits per heavy atom. The van der Waals surface area contributed by atoms with Crippen molar-refractivity contribution in [1.82, 2.24) is 0 Å². The number of aromatic nitrogens is 1. The Morgan fingerprint density at radius 3 is 2.83 bits per heavy atom. The van der Waals surface area contributed by atoms with Gasteiger partial charge in [-0.1, -0.05) is 11.6 Å². The van der Waals surface area contributed by atoms with Gasteiger partial charge in [-0.3, -0.25) is 0 Å². The SMILES string of the molecule is CC(=O)Nc1ccc(Cl)c[n+]1[O-]. The molecule has 0 saturated carbocycles. The van der Waals surface area contributed by atoms with Gasteiger partial charge in [0.05, 0.1) is 5.02 Å². The molecule has 0 fully saturated rings. The molecular weight excluding hydrogens is 180 g/mol. The quantitative estimate of drug-likeness (QED) is 0.524. The molecule has 5 heteroatoms. The molecule has 0 unspecified atom stereocenters. The lowest BCUT2D eigenvalue weighted by atomic mass is 10.4. The number of hydrogen-bond acceptors (Lipinski definition) is 2. The summed E-state index contributed by atoms with van der Waals surface area (Å²) in [6, 6.07) is 2.97. The molecule has 0 spiro atoms. The number of pyridine rings is 1. The molecule has 1 heterocycles. The number of nitrogens with zero attached hydrogens (tertiary/aromatic N) is 1. The molecule has 0 aliphatic rings. The molecule has 0 aromatic carbocycles. The number of rotatable bonds is 1. The summed E-state index contributed by atoms with van der Waals surface area (Å²) < 4.78 is 0.504. The summed E-state index contributed by atoms with van der Waals surface area (Å²) in [5.41, 5.74) is 0. The van der Waals surface area contributed by atoms with Crippen molar-refractivity contribution in [2.75, 3.05) is 5.32 Å². The van der Waals surface area contributed by atoms with Gasteiger partial charge in [-0.2, -0.15) is 0 Å². The third kappa shape index (κ3) is 2.10. The molecule has 1 aromatic heterocycles. The van der Waals surface area contributed by atoms with E-state index in [2.05, 4.69) is 5.32 Å². The van der Waals surface area contributed by atoms with Crippen LogP contribution in [0.15, 0.2) is 18.3 Å².